The lowest BCUT2D eigenvalue weighted by atomic mass is 9.90. The Bertz CT molecular complexity index is 1820. The van der Waals surface area contributed by atoms with Crippen LogP contribution in [0.5, 0.6) is 11.8 Å². The number of rotatable bonds is 11. The molecular formula is C31H31F5N4O7. The Hall–Kier alpha value is -4.41. The molecule has 252 valence electrons. The van der Waals surface area contributed by atoms with Crippen molar-refractivity contribution < 1.29 is 51.3 Å². The number of hydrogen-bond donors (Lipinski definition) is 2. The minimum atomic E-state index is -4.79. The summed E-state index contributed by atoms with van der Waals surface area (Å²) >= 11 is 0. The maximum atomic E-state index is 17.0. The van der Waals surface area contributed by atoms with Crippen molar-refractivity contribution in [3.05, 3.63) is 57.6 Å². The Morgan fingerprint density at radius 3 is 2.57 bits per heavy atom. The van der Waals surface area contributed by atoms with Crippen molar-refractivity contribution in [2.24, 2.45) is 0 Å². The molecule has 5 rings (SSSR count). The van der Waals surface area contributed by atoms with Crippen LogP contribution in [0.15, 0.2) is 30.3 Å². The number of nitrogens with zero attached hydrogens (tertiary/aromatic N) is 4. The molecule has 2 N–H and O–H groups in total. The van der Waals surface area contributed by atoms with Crippen LogP contribution in [0, 0.1) is 21.7 Å². The molecule has 0 aliphatic carbocycles. The van der Waals surface area contributed by atoms with Gasteiger partial charge in [-0.2, -0.15) is 23.1 Å². The second-order valence-electron chi connectivity index (χ2n) is 11.5. The number of fused-ring (bicyclic) bond motifs is 2. The number of aliphatic hydroxyl groups is 2. The van der Waals surface area contributed by atoms with Gasteiger partial charge in [-0.3, -0.25) is 10.1 Å². The van der Waals surface area contributed by atoms with Gasteiger partial charge in [-0.1, -0.05) is 6.07 Å². The number of anilines is 1. The second-order valence-corrected chi connectivity index (χ2v) is 11.5. The van der Waals surface area contributed by atoms with Crippen molar-refractivity contribution >= 4 is 33.2 Å². The van der Waals surface area contributed by atoms with E-state index in [0.29, 0.717) is 18.2 Å². The van der Waals surface area contributed by atoms with E-state index in [0.717, 1.165) is 6.07 Å². The highest BCUT2D eigenvalue weighted by molar-refractivity contribution is 6.05. The zero-order valence-electron chi connectivity index (χ0n) is 25.4. The van der Waals surface area contributed by atoms with Gasteiger partial charge in [-0.25, -0.2) is 8.78 Å². The Morgan fingerprint density at radius 1 is 1.15 bits per heavy atom. The van der Waals surface area contributed by atoms with E-state index >= 15 is 8.78 Å². The van der Waals surface area contributed by atoms with Gasteiger partial charge in [0.1, 0.15) is 22.9 Å². The summed E-state index contributed by atoms with van der Waals surface area (Å²) in [5.41, 5.74) is -3.36. The number of piperidine rings is 1. The molecule has 47 heavy (non-hydrogen) atoms. The van der Waals surface area contributed by atoms with E-state index in [4.69, 9.17) is 14.2 Å². The van der Waals surface area contributed by atoms with E-state index in [2.05, 4.69) is 9.97 Å². The maximum absolute atomic E-state index is 17.0. The number of hydrogen-bond acceptors (Lipinski definition) is 10. The second kappa shape index (κ2) is 13.4. The quantitative estimate of drug-likeness (QED) is 0.0869. The van der Waals surface area contributed by atoms with E-state index < -0.39 is 57.7 Å². The minimum absolute atomic E-state index is 0.00934. The highest BCUT2D eigenvalue weighted by Crippen LogP contribution is 2.45. The van der Waals surface area contributed by atoms with Crippen LogP contribution in [0.4, 0.5) is 33.5 Å². The van der Waals surface area contributed by atoms with Gasteiger partial charge in [0.05, 0.1) is 21.5 Å². The van der Waals surface area contributed by atoms with Crippen LogP contribution in [-0.4, -0.2) is 77.1 Å². The van der Waals surface area contributed by atoms with Crippen LogP contribution in [0.2, 0.25) is 0 Å². The largest absolute Gasteiger partial charge is 0.468 e. The number of halogens is 5. The Morgan fingerprint density at radius 2 is 1.91 bits per heavy atom. The number of nitro groups is 1. The van der Waals surface area contributed by atoms with Gasteiger partial charge in [-0.05, 0) is 67.1 Å². The van der Waals surface area contributed by atoms with Gasteiger partial charge >= 0.3 is 12.2 Å². The molecule has 1 atom stereocenters. The molecule has 4 aromatic rings. The fraction of sp³-hybridized carbons (Fsp3) is 0.419. The van der Waals surface area contributed by atoms with Crippen LogP contribution < -0.4 is 14.4 Å². The summed E-state index contributed by atoms with van der Waals surface area (Å²) in [5, 5.41) is 33.0. The molecule has 1 aliphatic rings. The molecule has 2 heterocycles. The summed E-state index contributed by atoms with van der Waals surface area (Å²) in [7, 11) is 1.36. The fourth-order valence-electron chi connectivity index (χ4n) is 5.83. The van der Waals surface area contributed by atoms with Crippen LogP contribution in [0.1, 0.15) is 31.7 Å². The molecule has 1 aliphatic heterocycles. The number of ether oxygens (including phenoxy) is 3. The molecule has 11 nitrogen and oxygen atoms in total. The van der Waals surface area contributed by atoms with Gasteiger partial charge in [-0.15, -0.1) is 0 Å². The third-order valence-corrected chi connectivity index (χ3v) is 7.74. The molecule has 1 fully saturated rings. The van der Waals surface area contributed by atoms with E-state index in [1.54, 1.807) is 6.92 Å². The molecule has 1 unspecified atom stereocenters. The van der Waals surface area contributed by atoms with Crippen LogP contribution in [0.25, 0.3) is 32.8 Å². The fourth-order valence-corrected chi connectivity index (χ4v) is 5.83. The molecule has 16 heteroatoms. The zero-order valence-corrected chi connectivity index (χ0v) is 25.4. The number of aryl methyl sites for hydroxylation is 1. The smallest absolute Gasteiger partial charge is 0.422 e. The lowest BCUT2D eigenvalue weighted by molar-refractivity contribution is -0.384. The lowest BCUT2D eigenvalue weighted by Gasteiger charge is -2.38. The summed E-state index contributed by atoms with van der Waals surface area (Å²) < 4.78 is 87.0. The van der Waals surface area contributed by atoms with Crippen molar-refractivity contribution in [3.8, 4) is 22.9 Å². The first-order chi connectivity index (χ1) is 22.2. The summed E-state index contributed by atoms with van der Waals surface area (Å²) in [6.45, 7) is -0.617. The number of methoxy groups -OCH3 is 1. The van der Waals surface area contributed by atoms with E-state index in [1.807, 2.05) is 0 Å². The van der Waals surface area contributed by atoms with Gasteiger partial charge in [0, 0.05) is 38.4 Å². The van der Waals surface area contributed by atoms with E-state index in [-0.39, 0.29) is 72.8 Å². The number of alkyl halides is 3. The Kier molecular flexibility index (Phi) is 9.65. The first kappa shape index (κ1) is 33.9. The molecule has 3 aromatic carbocycles. The monoisotopic (exact) mass is 666 g/mol. The summed E-state index contributed by atoms with van der Waals surface area (Å²) in [6, 6.07) is 5.49. The van der Waals surface area contributed by atoms with Crippen molar-refractivity contribution in [1.82, 2.24) is 9.97 Å². The average Bonchev–Trinajstić information content (AvgIpc) is 3.01. The highest BCUT2D eigenvalue weighted by atomic mass is 19.4. The lowest BCUT2D eigenvalue weighted by Crippen LogP contribution is -2.46. The van der Waals surface area contributed by atoms with E-state index in [9.17, 15) is 33.5 Å². The third-order valence-electron chi connectivity index (χ3n) is 7.74. The van der Waals surface area contributed by atoms with Crippen molar-refractivity contribution in [3.63, 3.8) is 0 Å². The number of aromatic nitrogens is 2. The Balaban J connectivity index is 1.86. The molecular weight excluding hydrogens is 635 g/mol. The van der Waals surface area contributed by atoms with Crippen molar-refractivity contribution in [2.45, 2.75) is 44.4 Å². The van der Waals surface area contributed by atoms with Gasteiger partial charge in [0.25, 0.3) is 5.69 Å². The summed E-state index contributed by atoms with van der Waals surface area (Å²) in [6.07, 6.45) is -3.85. The highest BCUT2D eigenvalue weighted by Gasteiger charge is 2.35. The molecule has 0 radical (unpaired) electrons. The van der Waals surface area contributed by atoms with Gasteiger partial charge in [0.15, 0.2) is 19.2 Å². The predicted molar refractivity (Wildman–Crippen MR) is 161 cm³/mol. The molecule has 1 aromatic heterocycles. The van der Waals surface area contributed by atoms with Gasteiger partial charge in [0.2, 0.25) is 0 Å². The van der Waals surface area contributed by atoms with Crippen LogP contribution >= 0.6 is 0 Å². The topological polar surface area (TPSA) is 140 Å². The van der Waals surface area contributed by atoms with E-state index in [1.165, 1.54) is 36.3 Å². The molecule has 0 saturated carbocycles. The molecule has 0 amide bonds. The van der Waals surface area contributed by atoms with Gasteiger partial charge < -0.3 is 29.3 Å². The standard InChI is InChI=1S/C31H31F5N4O7/c1-30(42)8-4-9-39(14-30)28-21-13-23(40(43)44)25(26(33)27(21)37-29(38-28)46-15-31(34,35)36)20-12-18(47-16-45-2)11-17-6-7-22(32)19(24(17)20)5-3-10-41/h6-7,11-13,41-42H,3-5,8-10,14-16H2,1-2H3. The summed E-state index contributed by atoms with van der Waals surface area (Å²) in [4.78, 5) is 21.2. The number of benzene rings is 3. The Labute approximate surface area is 264 Å². The van der Waals surface area contributed by atoms with Crippen LogP contribution in [-0.2, 0) is 11.2 Å². The molecule has 0 spiro atoms. The van der Waals surface area contributed by atoms with Crippen molar-refractivity contribution in [1.29, 1.82) is 0 Å². The maximum Gasteiger partial charge on any atom is 0.422 e. The summed E-state index contributed by atoms with van der Waals surface area (Å²) in [5.74, 6) is -2.08. The SMILES string of the molecule is COCOc1cc(-c2c([N+](=O)[O-])cc3c(N4CCCC(C)(O)C4)nc(OCC(F)(F)F)nc3c2F)c2c(CCCO)c(F)ccc2c1. The molecule has 1 saturated heterocycles. The minimum Gasteiger partial charge on any atom is -0.468 e. The predicted octanol–water partition coefficient (Wildman–Crippen LogP) is 5.84. The first-order valence-electron chi connectivity index (χ1n) is 14.6. The normalized spacial score (nSPS) is 17.0. The third kappa shape index (κ3) is 7.29. The number of β-amino-alcohol motifs (C(OH)–C–C–N with tert-alkyl or cyclic N) is 1. The first-order valence-corrected chi connectivity index (χ1v) is 14.6. The van der Waals surface area contributed by atoms with Crippen molar-refractivity contribution in [2.75, 3.05) is 45.1 Å². The number of aliphatic hydroxyl groups excluding tert-OH is 1. The van der Waals surface area contributed by atoms with Crippen LogP contribution in [0.3, 0.4) is 0 Å². The average molecular weight is 667 g/mol. The number of nitro benzene ring substituents is 1. The molecule has 0 bridgehead atoms. The zero-order chi connectivity index (χ0) is 34.1.